The summed E-state index contributed by atoms with van der Waals surface area (Å²) in [5.41, 5.74) is 6.04. The molecule has 0 aliphatic rings. The van der Waals surface area contributed by atoms with Crippen LogP contribution in [0.15, 0.2) is 29.6 Å². The maximum atomic E-state index is 11.2. The van der Waals surface area contributed by atoms with E-state index in [0.29, 0.717) is 27.6 Å². The molecule has 0 aliphatic carbocycles. The average Bonchev–Trinajstić information content (AvgIpc) is 2.92. The van der Waals surface area contributed by atoms with Crippen molar-refractivity contribution in [3.8, 4) is 17.6 Å². The normalized spacial score (nSPS) is 9.03. The van der Waals surface area contributed by atoms with Gasteiger partial charge in [0.25, 0.3) is 0 Å². The fraction of sp³-hybridized carbons (Fsp3) is 0.375. The Bertz CT molecular complexity index is 1060. The number of carbonyl (C=O) groups excluding carboxylic acids is 2. The molecular weight excluding hydrogens is 664 g/mol. The summed E-state index contributed by atoms with van der Waals surface area (Å²) in [6.45, 7) is 6.71. The van der Waals surface area contributed by atoms with E-state index < -0.39 is 17.5 Å². The number of halogens is 4. The summed E-state index contributed by atoms with van der Waals surface area (Å²) in [5.74, 6) is -0.264. The third kappa shape index (κ3) is 17.1. The Balaban J connectivity index is -0.000000495. The van der Waals surface area contributed by atoms with Gasteiger partial charge >= 0.3 is 37.1 Å². The predicted molar refractivity (Wildman–Crippen MR) is 152 cm³/mol. The molecule has 0 saturated carbocycles. The second-order valence-corrected chi connectivity index (χ2v) is 8.70. The van der Waals surface area contributed by atoms with E-state index >= 15 is 0 Å². The maximum absolute atomic E-state index is 11.2. The van der Waals surface area contributed by atoms with Crippen LogP contribution in [0.5, 0.6) is 11.5 Å². The summed E-state index contributed by atoms with van der Waals surface area (Å²) in [6, 6.07) is 7.57. The van der Waals surface area contributed by atoms with E-state index in [-0.39, 0.29) is 15.7 Å². The Morgan fingerprint density at radius 2 is 1.25 bits per heavy atom. The van der Waals surface area contributed by atoms with Crippen molar-refractivity contribution in [1.29, 1.82) is 5.26 Å². The van der Waals surface area contributed by atoms with Crippen molar-refractivity contribution in [3.63, 3.8) is 0 Å². The van der Waals surface area contributed by atoms with Crippen molar-refractivity contribution in [2.24, 2.45) is 5.34 Å². The van der Waals surface area contributed by atoms with Crippen molar-refractivity contribution >= 4 is 62.5 Å². The van der Waals surface area contributed by atoms with Gasteiger partial charge in [0, 0.05) is 6.92 Å². The average molecular weight is 694 g/mol. The summed E-state index contributed by atoms with van der Waals surface area (Å²) in [4.78, 5) is 36.0. The van der Waals surface area contributed by atoms with Gasteiger partial charge in [-0.05, 0) is 45.0 Å². The molecule has 2 N–H and O–H groups in total. The van der Waals surface area contributed by atoms with Crippen LogP contribution in [0.2, 0.25) is 15.1 Å². The number of methoxy groups -OCH3 is 4. The molecule has 0 aliphatic heterocycles. The summed E-state index contributed by atoms with van der Waals surface area (Å²) in [7, 11) is 9.67. The molecule has 228 valence electrons. The van der Waals surface area contributed by atoms with E-state index in [1.54, 1.807) is 26.8 Å². The number of rotatable bonds is 5. The monoisotopic (exact) mass is 691 g/mol. The van der Waals surface area contributed by atoms with Crippen molar-refractivity contribution in [3.05, 3.63) is 55.4 Å². The molecule has 40 heavy (non-hydrogen) atoms. The molecule has 0 amide bonds. The summed E-state index contributed by atoms with van der Waals surface area (Å²) >= 11 is 21.1. The van der Waals surface area contributed by atoms with Crippen LogP contribution in [0.1, 0.15) is 48.4 Å². The minimum atomic E-state index is -0.484. The van der Waals surface area contributed by atoms with Crippen LogP contribution in [0.25, 0.3) is 0 Å². The van der Waals surface area contributed by atoms with Crippen LogP contribution in [0.3, 0.4) is 0 Å². The SMILES string of the molecule is CC#N.CC(C)(C)ON=O.COC(=O)c1cc(Cl)c(Cl)c(OC)c1.COC(=O)c1cc(N)c(Cl)c(OC)c1.[Cl][Cu]. The number of nitrogen functional groups attached to an aromatic ring is 1. The Morgan fingerprint density at radius 3 is 1.55 bits per heavy atom. The van der Waals surface area contributed by atoms with E-state index in [4.69, 9.17) is 55.3 Å². The van der Waals surface area contributed by atoms with E-state index in [2.05, 4.69) is 44.9 Å². The number of ether oxygens (including phenoxy) is 4. The molecule has 0 atom stereocenters. The first-order valence-electron chi connectivity index (χ1n) is 10.4. The molecule has 0 radical (unpaired) electrons. The van der Waals surface area contributed by atoms with Gasteiger partial charge in [0.15, 0.2) is 5.34 Å². The molecule has 16 heteroatoms. The van der Waals surface area contributed by atoms with E-state index in [9.17, 15) is 14.5 Å². The molecule has 2 aromatic carbocycles. The zero-order valence-electron chi connectivity index (χ0n) is 22.9. The molecule has 0 fully saturated rings. The third-order valence-corrected chi connectivity index (χ3v) is 4.84. The van der Waals surface area contributed by atoms with E-state index in [0.717, 1.165) is 0 Å². The van der Waals surface area contributed by atoms with Crippen molar-refractivity contribution in [2.75, 3.05) is 34.2 Å². The number of esters is 2. The van der Waals surface area contributed by atoms with Crippen LogP contribution in [0.4, 0.5) is 5.69 Å². The zero-order chi connectivity index (χ0) is 32.1. The van der Waals surface area contributed by atoms with Gasteiger partial charge in [-0.1, -0.05) is 34.8 Å². The van der Waals surface area contributed by atoms with Crippen LogP contribution in [-0.4, -0.2) is 46.0 Å². The summed E-state index contributed by atoms with van der Waals surface area (Å²) < 4.78 is 19.0. The first-order chi connectivity index (χ1) is 18.7. The van der Waals surface area contributed by atoms with Gasteiger partial charge in [-0.2, -0.15) is 5.26 Å². The van der Waals surface area contributed by atoms with Gasteiger partial charge in [-0.15, -0.1) is 4.91 Å². The number of benzene rings is 2. The molecule has 0 heterocycles. The number of nitrogens with zero attached hydrogens (tertiary/aromatic N) is 2. The van der Waals surface area contributed by atoms with E-state index in [1.165, 1.54) is 59.6 Å². The van der Waals surface area contributed by atoms with Gasteiger partial charge < -0.3 is 29.5 Å². The molecule has 0 unspecified atom stereocenters. The second kappa shape index (κ2) is 23.1. The van der Waals surface area contributed by atoms with Crippen molar-refractivity contribution in [2.45, 2.75) is 33.3 Å². The first-order valence-corrected chi connectivity index (χ1v) is 12.9. The van der Waals surface area contributed by atoms with Crippen LogP contribution < -0.4 is 15.2 Å². The van der Waals surface area contributed by atoms with E-state index in [1.807, 2.05) is 0 Å². The fourth-order valence-electron chi connectivity index (χ4n) is 2.06. The van der Waals surface area contributed by atoms with Gasteiger partial charge in [-0.3, -0.25) is 0 Å². The number of hydrogen-bond donors (Lipinski definition) is 1. The second-order valence-electron chi connectivity index (χ2n) is 7.54. The predicted octanol–water partition coefficient (Wildman–Crippen LogP) is 7.21. The van der Waals surface area contributed by atoms with Gasteiger partial charge in [0.05, 0.1) is 56.3 Å². The van der Waals surface area contributed by atoms with Crippen LogP contribution in [0, 0.1) is 16.2 Å². The quantitative estimate of drug-likeness (QED) is 0.111. The molecule has 2 aromatic rings. The molecular formula is C24H30Cl4CuN3O8. The number of carbonyl (C=O) groups is 2. The van der Waals surface area contributed by atoms with Gasteiger partial charge in [0.1, 0.15) is 27.1 Å². The van der Waals surface area contributed by atoms with Crippen LogP contribution in [-0.2, 0) is 29.4 Å². The van der Waals surface area contributed by atoms with Crippen molar-refractivity contribution in [1.82, 2.24) is 0 Å². The molecule has 0 saturated heterocycles. The molecule has 0 spiro atoms. The molecule has 0 bridgehead atoms. The number of anilines is 1. The number of hydrogen-bond acceptors (Lipinski definition) is 11. The Hall–Kier alpha value is -2.65. The van der Waals surface area contributed by atoms with Gasteiger partial charge in [-0.25, -0.2) is 9.59 Å². The minimum absolute atomic E-state index is 0.256. The Labute approximate surface area is 261 Å². The number of nitriles is 1. The first kappa shape index (κ1) is 41.8. The number of nitrogens with two attached hydrogens (primary N) is 1. The molecule has 0 aromatic heterocycles. The fourth-order valence-corrected chi connectivity index (χ4v) is 2.65. The molecule has 2 rings (SSSR count). The Morgan fingerprint density at radius 1 is 0.875 bits per heavy atom. The van der Waals surface area contributed by atoms with Gasteiger partial charge in [0.2, 0.25) is 0 Å². The van der Waals surface area contributed by atoms with Crippen molar-refractivity contribution < 1.29 is 48.5 Å². The Kier molecular flexibility index (Phi) is 24.1. The summed E-state index contributed by atoms with van der Waals surface area (Å²) in [6.07, 6.45) is 0. The topological polar surface area (TPSA) is 160 Å². The molecule has 11 nitrogen and oxygen atoms in total. The van der Waals surface area contributed by atoms with Crippen LogP contribution >= 0.6 is 44.9 Å². The standard InChI is InChI=1S/C9H8Cl2O3.C9H10ClNO3.C4H9NO2.C2H3N.ClH.Cu/c1-13-7-4-5(9(12)14-2)3-6(10)8(7)11;1-13-7-4-5(9(12)14-2)3-6(11)8(7)10;1-4(2,3)7-5-6;1-2-3;;/h3-4H,1-2H3;3-4H,11H2,1-2H3;1-3H3;1H3;1H;/q;;;;;+1/p-1. The summed E-state index contributed by atoms with van der Waals surface area (Å²) in [5, 5.41) is 10.4. The third-order valence-electron chi connectivity index (χ3n) is 3.66. The zero-order valence-corrected chi connectivity index (χ0v) is 26.8.